The van der Waals surface area contributed by atoms with E-state index in [0.717, 1.165) is 12.1 Å². The van der Waals surface area contributed by atoms with Crippen LogP contribution in [0.25, 0.3) is 0 Å². The highest BCUT2D eigenvalue weighted by molar-refractivity contribution is 6.06. The molecule has 3 rings (SSSR count). The number of ketones is 2. The normalized spacial score (nSPS) is 31.7. The zero-order chi connectivity index (χ0) is 19.5. The van der Waals surface area contributed by atoms with Crippen LogP contribution >= 0.6 is 0 Å². The van der Waals surface area contributed by atoms with Crippen LogP contribution < -0.4 is 0 Å². The first kappa shape index (κ1) is 17.7. The lowest BCUT2D eigenvalue weighted by Crippen LogP contribution is -2.51. The minimum Gasteiger partial charge on any atom is -0.298 e. The van der Waals surface area contributed by atoms with Crippen molar-refractivity contribution in [3.8, 4) is 12.1 Å². The molecule has 3 aliphatic carbocycles. The van der Waals surface area contributed by atoms with Gasteiger partial charge in [0, 0.05) is 0 Å². The van der Waals surface area contributed by atoms with Crippen molar-refractivity contribution in [1.29, 1.82) is 10.5 Å². The van der Waals surface area contributed by atoms with Crippen molar-refractivity contribution in [1.82, 2.24) is 0 Å². The number of Topliss-reactive ketones (excluding diaryl/α,β-unsaturated/α-hetero) is 2. The second-order valence-electron chi connectivity index (χ2n) is 5.72. The molecular weight excluding hydrogens is 366 g/mol. The van der Waals surface area contributed by atoms with E-state index in [2.05, 4.69) is 0 Å². The Hall–Kier alpha value is -3.14. The van der Waals surface area contributed by atoms with Crippen LogP contribution in [0.5, 0.6) is 0 Å². The van der Waals surface area contributed by atoms with Gasteiger partial charge in [-0.2, -0.15) is 10.5 Å². The van der Waals surface area contributed by atoms with Gasteiger partial charge in [0.1, 0.15) is 0 Å². The lowest BCUT2D eigenvalue weighted by Gasteiger charge is -2.40. The third-order valence-corrected chi connectivity index (χ3v) is 4.58. The third kappa shape index (κ3) is 1.96. The largest absolute Gasteiger partial charge is 0.298 e. The molecule has 0 radical (unpaired) electrons. The first-order valence-electron chi connectivity index (χ1n) is 6.97. The van der Waals surface area contributed by atoms with E-state index in [9.17, 15) is 35.9 Å². The Morgan fingerprint density at radius 3 is 1.19 bits per heavy atom. The van der Waals surface area contributed by atoms with Crippen molar-refractivity contribution in [3.05, 3.63) is 46.1 Å². The summed E-state index contributed by atoms with van der Waals surface area (Å²) in [7, 11) is 0. The minimum atomic E-state index is -2.41. The maximum Gasteiger partial charge on any atom is 0.192 e. The lowest BCUT2D eigenvalue weighted by atomic mass is 9.59. The molecule has 0 aromatic rings. The van der Waals surface area contributed by atoms with Gasteiger partial charge in [0.2, 0.25) is 0 Å². The summed E-state index contributed by atoms with van der Waals surface area (Å²) in [5, 5.41) is 17.9. The van der Waals surface area contributed by atoms with Crippen LogP contribution in [0.3, 0.4) is 0 Å². The van der Waals surface area contributed by atoms with E-state index in [-0.39, 0.29) is 0 Å². The number of fused-ring (bicyclic) bond motifs is 2. The van der Waals surface area contributed by atoms with Gasteiger partial charge < -0.3 is 0 Å². The number of rotatable bonds is 0. The first-order chi connectivity index (χ1) is 12.2. The van der Waals surface area contributed by atoms with E-state index in [1.807, 2.05) is 0 Å². The van der Waals surface area contributed by atoms with Crippen molar-refractivity contribution in [2.75, 3.05) is 0 Å². The molecule has 0 spiro atoms. The highest BCUT2D eigenvalue weighted by Crippen LogP contribution is 2.53. The monoisotopic (exact) mass is 370 g/mol. The van der Waals surface area contributed by atoms with Gasteiger partial charge in [-0.25, -0.2) is 26.3 Å². The van der Waals surface area contributed by atoms with Crippen molar-refractivity contribution in [2.24, 2.45) is 23.7 Å². The summed E-state index contributed by atoms with van der Waals surface area (Å²) in [5.74, 6) is -24.8. The summed E-state index contributed by atoms with van der Waals surface area (Å²) in [5.41, 5.74) is -2.47. The van der Waals surface area contributed by atoms with Gasteiger partial charge in [0.15, 0.2) is 46.5 Å². The Labute approximate surface area is 141 Å². The first-order valence-corrected chi connectivity index (χ1v) is 6.97. The van der Waals surface area contributed by atoms with Crippen LogP contribution in [0.2, 0.25) is 0 Å². The number of allylic oxidation sites excluding steroid dienone is 8. The molecule has 0 bridgehead atoms. The molecule has 0 amide bonds. The topological polar surface area (TPSA) is 81.7 Å². The van der Waals surface area contributed by atoms with Crippen LogP contribution in [-0.2, 0) is 9.59 Å². The molecular formula is C16H4F6N2O2. The van der Waals surface area contributed by atoms with E-state index in [0.29, 0.717) is 0 Å². The Morgan fingerprint density at radius 1 is 0.577 bits per heavy atom. The molecule has 0 aromatic heterocycles. The van der Waals surface area contributed by atoms with Gasteiger partial charge in [-0.1, -0.05) is 0 Å². The maximum absolute atomic E-state index is 14.1. The Morgan fingerprint density at radius 2 is 0.885 bits per heavy atom. The second-order valence-corrected chi connectivity index (χ2v) is 5.72. The fraction of sp³-hybridized carbons (Fsp3) is 0.250. The molecule has 0 aromatic carbocycles. The average molecular weight is 370 g/mol. The van der Waals surface area contributed by atoms with Crippen LogP contribution in [0.15, 0.2) is 46.1 Å². The zero-order valence-corrected chi connectivity index (χ0v) is 12.3. The molecule has 10 heteroatoms. The van der Waals surface area contributed by atoms with Gasteiger partial charge in [-0.3, -0.25) is 9.59 Å². The van der Waals surface area contributed by atoms with E-state index in [1.54, 1.807) is 0 Å². The molecule has 3 aliphatic rings. The second kappa shape index (κ2) is 5.70. The summed E-state index contributed by atoms with van der Waals surface area (Å²) >= 11 is 0. The van der Waals surface area contributed by atoms with Crippen LogP contribution in [0.4, 0.5) is 26.3 Å². The van der Waals surface area contributed by atoms with Crippen molar-refractivity contribution >= 4 is 11.6 Å². The standard InChI is InChI=1S/C16H4F6N2O2/c17-9-3(1-23)5-7(11(19)13(9)21)16(26)8-6(15(5)25)4(2-24)10(18)14(22)12(8)20/h5-8H. The quantitative estimate of drug-likeness (QED) is 0.612. The Balaban J connectivity index is 2.30. The molecule has 1 saturated carbocycles. The van der Waals surface area contributed by atoms with E-state index < -0.39 is 81.3 Å². The smallest absolute Gasteiger partial charge is 0.192 e. The summed E-state index contributed by atoms with van der Waals surface area (Å²) < 4.78 is 83.1. The number of carbonyl (C=O) groups excluding carboxylic acids is 2. The summed E-state index contributed by atoms with van der Waals surface area (Å²) in [6.07, 6.45) is 0. The fourth-order valence-electron chi connectivity index (χ4n) is 3.43. The van der Waals surface area contributed by atoms with Crippen molar-refractivity contribution < 1.29 is 35.9 Å². The molecule has 1 fully saturated rings. The molecule has 0 aliphatic heterocycles. The molecule has 4 atom stereocenters. The molecule has 0 saturated heterocycles. The van der Waals surface area contributed by atoms with Crippen LogP contribution in [0, 0.1) is 46.3 Å². The van der Waals surface area contributed by atoms with Gasteiger partial charge in [0.25, 0.3) is 0 Å². The molecule has 4 nitrogen and oxygen atoms in total. The molecule has 0 N–H and O–H groups in total. The van der Waals surface area contributed by atoms with Gasteiger partial charge in [-0.05, 0) is 0 Å². The number of halogens is 6. The maximum atomic E-state index is 14.1. The van der Waals surface area contributed by atoms with Crippen LogP contribution in [0.1, 0.15) is 0 Å². The zero-order valence-electron chi connectivity index (χ0n) is 12.3. The van der Waals surface area contributed by atoms with Gasteiger partial charge in [0.05, 0.1) is 47.0 Å². The van der Waals surface area contributed by atoms with E-state index in [1.165, 1.54) is 0 Å². The van der Waals surface area contributed by atoms with Crippen molar-refractivity contribution in [3.63, 3.8) is 0 Å². The predicted octanol–water partition coefficient (Wildman–Crippen LogP) is 3.43. The SMILES string of the molecule is N#CC1=C(F)C(F)=C(F)C2C(=O)C3C(F)=C(F)C(F)=C(C#N)C3C(=O)C12. The van der Waals surface area contributed by atoms with Crippen LogP contribution in [-0.4, -0.2) is 11.6 Å². The third-order valence-electron chi connectivity index (χ3n) is 4.58. The highest BCUT2D eigenvalue weighted by atomic mass is 19.2. The predicted molar refractivity (Wildman–Crippen MR) is 70.0 cm³/mol. The molecule has 0 heterocycles. The fourth-order valence-corrected chi connectivity index (χ4v) is 3.43. The van der Waals surface area contributed by atoms with E-state index in [4.69, 9.17) is 10.5 Å². The van der Waals surface area contributed by atoms with Crippen molar-refractivity contribution in [2.45, 2.75) is 0 Å². The van der Waals surface area contributed by atoms with Gasteiger partial charge in [-0.15, -0.1) is 0 Å². The lowest BCUT2D eigenvalue weighted by molar-refractivity contribution is -0.143. The Bertz CT molecular complexity index is 915. The van der Waals surface area contributed by atoms with Gasteiger partial charge >= 0.3 is 0 Å². The summed E-state index contributed by atoms with van der Waals surface area (Å²) in [4.78, 5) is 25.0. The summed E-state index contributed by atoms with van der Waals surface area (Å²) in [6, 6.07) is 2.27. The summed E-state index contributed by atoms with van der Waals surface area (Å²) in [6.45, 7) is 0. The highest BCUT2D eigenvalue weighted by Gasteiger charge is 2.60. The van der Waals surface area contributed by atoms with E-state index >= 15 is 0 Å². The number of nitrogens with zero attached hydrogens (tertiary/aromatic N) is 2. The molecule has 26 heavy (non-hydrogen) atoms. The average Bonchev–Trinajstić information content (AvgIpc) is 2.61. The minimum absolute atomic E-state index is 1.13. The molecule has 132 valence electrons. The Kier molecular flexibility index (Phi) is 3.87. The number of carbonyl (C=O) groups is 2. The number of hydrogen-bond acceptors (Lipinski definition) is 4. The number of nitriles is 2. The number of hydrogen-bond donors (Lipinski definition) is 0. The molecule has 4 unspecified atom stereocenters.